The molecule has 33 heavy (non-hydrogen) atoms. The molecule has 7 heteroatoms. The molecule has 0 heterocycles. The predicted molar refractivity (Wildman–Crippen MR) is 132 cm³/mol. The zero-order valence-electron chi connectivity index (χ0n) is 19.6. The average molecular weight is 469 g/mol. The first-order valence-electron chi connectivity index (χ1n) is 11.6. The van der Waals surface area contributed by atoms with Crippen LogP contribution in [0.2, 0.25) is 0 Å². The van der Waals surface area contributed by atoms with Gasteiger partial charge in [-0.3, -0.25) is 13.9 Å². The number of hydrogen-bond acceptors (Lipinski definition) is 5. The van der Waals surface area contributed by atoms with Gasteiger partial charge in [0.05, 0.1) is 5.69 Å². The number of benzene rings is 2. The zero-order valence-corrected chi connectivity index (χ0v) is 20.4. The van der Waals surface area contributed by atoms with Crippen molar-refractivity contribution in [2.45, 2.75) is 46.5 Å². The number of carbonyl (C=O) groups is 2. The van der Waals surface area contributed by atoms with Crippen molar-refractivity contribution in [2.75, 3.05) is 23.9 Å². The van der Waals surface area contributed by atoms with Crippen molar-refractivity contribution in [3.63, 3.8) is 0 Å². The van der Waals surface area contributed by atoms with Crippen molar-refractivity contribution < 1.29 is 18.0 Å². The molecule has 6 nitrogen and oxygen atoms in total. The number of nitrogens with zero attached hydrogens (tertiary/aromatic N) is 2. The Balaban J connectivity index is 2.29. The molecule has 0 amide bonds. The maximum atomic E-state index is 14.1. The summed E-state index contributed by atoms with van der Waals surface area (Å²) in [7, 11) is -4.30. The van der Waals surface area contributed by atoms with Gasteiger partial charge in [-0.25, -0.2) is 8.42 Å². The molecule has 0 atom stereocenters. The molecular weight excluding hydrogens is 436 g/mol. The van der Waals surface area contributed by atoms with Crippen molar-refractivity contribution in [2.24, 2.45) is 0 Å². The van der Waals surface area contributed by atoms with E-state index in [0.29, 0.717) is 25.2 Å². The first-order valence-corrected chi connectivity index (χ1v) is 13.1. The van der Waals surface area contributed by atoms with Crippen LogP contribution in [0.15, 0.2) is 65.2 Å². The van der Waals surface area contributed by atoms with Crippen LogP contribution in [0.4, 0.5) is 5.69 Å². The highest BCUT2D eigenvalue weighted by atomic mass is 32.2. The number of allylic oxidation sites excluding steroid dienone is 2. The molecule has 0 aromatic heterocycles. The summed E-state index contributed by atoms with van der Waals surface area (Å²) in [6, 6.07) is 15.3. The van der Waals surface area contributed by atoms with E-state index in [9.17, 15) is 18.0 Å². The van der Waals surface area contributed by atoms with Crippen LogP contribution in [0.3, 0.4) is 0 Å². The Morgan fingerprint density at radius 2 is 1.24 bits per heavy atom. The van der Waals surface area contributed by atoms with Gasteiger partial charge in [-0.05, 0) is 31.4 Å². The van der Waals surface area contributed by atoms with E-state index in [1.165, 1.54) is 10.4 Å². The van der Waals surface area contributed by atoms with Crippen LogP contribution in [0.25, 0.3) is 0 Å². The van der Waals surface area contributed by atoms with Crippen molar-refractivity contribution in [1.29, 1.82) is 0 Å². The van der Waals surface area contributed by atoms with Crippen molar-refractivity contribution in [1.82, 2.24) is 4.90 Å². The standard InChI is InChI=1S/C26H32N2O4S/c1-4-7-19-28(20-13-9-8-10-14-20)33(31,32)26-23(27(17-5-2)18-6-3)24(29)21-15-11-12-16-22(21)25(26)30/h8-16H,4-7,17-19H2,1-3H3. The molecule has 3 rings (SSSR count). The molecule has 0 radical (unpaired) electrons. The second-order valence-electron chi connectivity index (χ2n) is 8.13. The second kappa shape index (κ2) is 10.8. The molecule has 0 saturated carbocycles. The predicted octanol–water partition coefficient (Wildman–Crippen LogP) is 5.04. The first-order chi connectivity index (χ1) is 15.9. The first kappa shape index (κ1) is 24.7. The summed E-state index contributed by atoms with van der Waals surface area (Å²) in [4.78, 5) is 28.7. The summed E-state index contributed by atoms with van der Waals surface area (Å²) >= 11 is 0. The highest BCUT2D eigenvalue weighted by Crippen LogP contribution is 2.35. The summed E-state index contributed by atoms with van der Waals surface area (Å²) < 4.78 is 29.6. The van der Waals surface area contributed by atoms with E-state index in [0.717, 1.165) is 19.3 Å². The van der Waals surface area contributed by atoms with Gasteiger partial charge in [0.25, 0.3) is 10.0 Å². The van der Waals surface area contributed by atoms with E-state index >= 15 is 0 Å². The molecule has 176 valence electrons. The van der Waals surface area contributed by atoms with Crippen LogP contribution >= 0.6 is 0 Å². The third-order valence-electron chi connectivity index (χ3n) is 5.66. The molecule has 1 aliphatic carbocycles. The average Bonchev–Trinajstić information content (AvgIpc) is 2.82. The van der Waals surface area contributed by atoms with Gasteiger partial charge < -0.3 is 4.90 Å². The number of sulfonamides is 1. The summed E-state index contributed by atoms with van der Waals surface area (Å²) in [5.74, 6) is -1.02. The van der Waals surface area contributed by atoms with E-state index in [1.54, 1.807) is 47.4 Å². The van der Waals surface area contributed by atoms with Crippen LogP contribution in [0.1, 0.15) is 67.2 Å². The lowest BCUT2D eigenvalue weighted by Gasteiger charge is -2.33. The maximum absolute atomic E-state index is 14.1. The molecule has 1 aliphatic rings. The highest BCUT2D eigenvalue weighted by molar-refractivity contribution is 7.97. The van der Waals surface area contributed by atoms with Gasteiger partial charge in [0.1, 0.15) is 5.70 Å². The van der Waals surface area contributed by atoms with Gasteiger partial charge in [-0.1, -0.05) is 69.7 Å². The Morgan fingerprint density at radius 3 is 1.79 bits per heavy atom. The van der Waals surface area contributed by atoms with E-state index in [1.807, 2.05) is 26.8 Å². The van der Waals surface area contributed by atoms with Crippen LogP contribution in [0, 0.1) is 0 Å². The van der Waals surface area contributed by atoms with Gasteiger partial charge in [-0.15, -0.1) is 0 Å². The topological polar surface area (TPSA) is 74.8 Å². The monoisotopic (exact) mass is 468 g/mol. The van der Waals surface area contributed by atoms with Gasteiger partial charge in [-0.2, -0.15) is 0 Å². The number of para-hydroxylation sites is 1. The zero-order chi connectivity index (χ0) is 24.0. The second-order valence-corrected chi connectivity index (χ2v) is 9.93. The van der Waals surface area contributed by atoms with Crippen LogP contribution in [-0.2, 0) is 10.0 Å². The molecule has 0 saturated heterocycles. The number of fused-ring (bicyclic) bond motifs is 1. The SMILES string of the molecule is CCCCN(c1ccccc1)S(=O)(=O)C1=C(N(CCC)CCC)C(=O)c2ccccc2C1=O. The summed E-state index contributed by atoms with van der Waals surface area (Å²) in [5.41, 5.74) is 0.879. The number of unbranched alkanes of at least 4 members (excludes halogenated alkanes) is 1. The number of Topliss-reactive ketones (excluding diaryl/α,β-unsaturated/α-hetero) is 2. The Labute approximate surface area is 197 Å². The normalized spacial score (nSPS) is 13.8. The van der Waals surface area contributed by atoms with E-state index in [-0.39, 0.29) is 23.4 Å². The lowest BCUT2D eigenvalue weighted by Crippen LogP contribution is -2.42. The maximum Gasteiger partial charge on any atom is 0.270 e. The number of ketones is 2. The smallest absolute Gasteiger partial charge is 0.270 e. The van der Waals surface area contributed by atoms with Crippen LogP contribution < -0.4 is 4.31 Å². The van der Waals surface area contributed by atoms with E-state index in [2.05, 4.69) is 0 Å². The van der Waals surface area contributed by atoms with Crippen LogP contribution in [-0.4, -0.2) is 44.5 Å². The van der Waals surface area contributed by atoms with Gasteiger partial charge in [0, 0.05) is 30.8 Å². The van der Waals surface area contributed by atoms with Crippen molar-refractivity contribution >= 4 is 27.3 Å². The summed E-state index contributed by atoms with van der Waals surface area (Å²) in [6.45, 7) is 7.13. The number of carbonyl (C=O) groups excluding carboxylic acids is 2. The molecule has 0 aliphatic heterocycles. The lowest BCUT2D eigenvalue weighted by molar-refractivity contribution is 0.0946. The van der Waals surface area contributed by atoms with E-state index in [4.69, 9.17) is 0 Å². The Kier molecular flexibility index (Phi) is 8.08. The third kappa shape index (κ3) is 4.88. The summed E-state index contributed by atoms with van der Waals surface area (Å²) in [6.07, 6.45) is 2.86. The molecule has 0 N–H and O–H groups in total. The minimum atomic E-state index is -4.30. The molecule has 2 aromatic rings. The Hall–Kier alpha value is -2.93. The minimum Gasteiger partial charge on any atom is -0.367 e. The van der Waals surface area contributed by atoms with Gasteiger partial charge in [0.2, 0.25) is 11.6 Å². The lowest BCUT2D eigenvalue weighted by atomic mass is 9.91. The van der Waals surface area contributed by atoms with Gasteiger partial charge in [0.15, 0.2) is 4.91 Å². The number of hydrogen-bond donors (Lipinski definition) is 0. The fraction of sp³-hybridized carbons (Fsp3) is 0.385. The molecule has 0 spiro atoms. The minimum absolute atomic E-state index is 0.000158. The molecular formula is C26H32N2O4S. The highest BCUT2D eigenvalue weighted by Gasteiger charge is 2.43. The molecule has 0 fully saturated rings. The molecule has 0 bridgehead atoms. The molecule has 2 aromatic carbocycles. The number of anilines is 1. The largest absolute Gasteiger partial charge is 0.367 e. The third-order valence-corrected chi connectivity index (χ3v) is 7.53. The fourth-order valence-electron chi connectivity index (χ4n) is 4.14. The Bertz CT molecular complexity index is 1130. The number of rotatable bonds is 11. The van der Waals surface area contributed by atoms with Gasteiger partial charge >= 0.3 is 0 Å². The van der Waals surface area contributed by atoms with Crippen molar-refractivity contribution in [3.8, 4) is 0 Å². The summed E-state index contributed by atoms with van der Waals surface area (Å²) in [5, 5.41) is 0. The Morgan fingerprint density at radius 1 is 0.697 bits per heavy atom. The molecule has 0 unspecified atom stereocenters. The van der Waals surface area contributed by atoms with Crippen LogP contribution in [0.5, 0.6) is 0 Å². The fourth-order valence-corrected chi connectivity index (χ4v) is 5.94. The van der Waals surface area contributed by atoms with Crippen molar-refractivity contribution in [3.05, 3.63) is 76.3 Å². The quantitative estimate of drug-likeness (QED) is 0.462. The van der Waals surface area contributed by atoms with E-state index < -0.39 is 26.5 Å².